The Hall–Kier alpha value is -1.08. The second-order valence-electron chi connectivity index (χ2n) is 2.81. The molecule has 0 spiro atoms. The van der Waals surface area contributed by atoms with Crippen LogP contribution in [0.1, 0.15) is 2.85 Å². The predicted molar refractivity (Wildman–Crippen MR) is 54.6 cm³/mol. The molecule has 2 aromatic rings. The van der Waals surface area contributed by atoms with Crippen LogP contribution in [-0.4, -0.2) is 42.2 Å². The molecule has 2 heterocycles. The van der Waals surface area contributed by atoms with Crippen LogP contribution in [0.5, 0.6) is 0 Å². The maximum Gasteiger partial charge on any atom is 2.00 e. The van der Waals surface area contributed by atoms with E-state index >= 15 is 0 Å². The zero-order chi connectivity index (χ0) is 9.59. The van der Waals surface area contributed by atoms with Gasteiger partial charge in [-0.05, 0) is 0 Å². The number of rotatable bonds is 0. The summed E-state index contributed by atoms with van der Waals surface area (Å²) in [5, 5.41) is 0. The van der Waals surface area contributed by atoms with Crippen molar-refractivity contribution in [3.05, 3.63) is 27.2 Å². The van der Waals surface area contributed by atoms with E-state index < -0.39 is 0 Å². The number of aryl methyl sites for hydroxylation is 1. The molecule has 0 amide bonds. The molecule has 72 valence electrons. The molecular formula is C7H10MgN4O2. The van der Waals surface area contributed by atoms with E-state index in [-0.39, 0.29) is 37.2 Å². The smallest absolute Gasteiger partial charge is 1.00 e. The van der Waals surface area contributed by atoms with Crippen molar-refractivity contribution in [1.82, 2.24) is 19.1 Å². The Kier molecular flexibility index (Phi) is 2.81. The van der Waals surface area contributed by atoms with Crippen LogP contribution in [-0.2, 0) is 14.1 Å². The summed E-state index contributed by atoms with van der Waals surface area (Å²) in [7, 11) is 3.01. The van der Waals surface area contributed by atoms with Crippen LogP contribution in [0.25, 0.3) is 11.2 Å². The van der Waals surface area contributed by atoms with Crippen LogP contribution in [0.4, 0.5) is 0 Å². The van der Waals surface area contributed by atoms with Crippen molar-refractivity contribution in [2.45, 2.75) is 0 Å². The number of nitrogens with one attached hydrogen (secondary N) is 1. The normalized spacial score (nSPS) is 10.1. The quantitative estimate of drug-likeness (QED) is 0.551. The van der Waals surface area contributed by atoms with Crippen molar-refractivity contribution in [2.24, 2.45) is 14.1 Å². The summed E-state index contributed by atoms with van der Waals surface area (Å²) in [6, 6.07) is 0. The van der Waals surface area contributed by atoms with Gasteiger partial charge in [0.1, 0.15) is 5.52 Å². The van der Waals surface area contributed by atoms with Gasteiger partial charge in [0.2, 0.25) is 0 Å². The van der Waals surface area contributed by atoms with Gasteiger partial charge in [0.05, 0.1) is 6.33 Å². The zero-order valence-electron chi connectivity index (χ0n) is 9.94. The van der Waals surface area contributed by atoms with Gasteiger partial charge < -0.3 is 7.84 Å². The van der Waals surface area contributed by atoms with Crippen LogP contribution < -0.4 is 11.2 Å². The fourth-order valence-corrected chi connectivity index (χ4v) is 1.27. The summed E-state index contributed by atoms with van der Waals surface area (Å²) in [5.74, 6) is 0. The number of aromatic amines is 1. The molecule has 2 aromatic heterocycles. The Balaban J connectivity index is 0. The number of hydrogen-bond acceptors (Lipinski definition) is 3. The first-order chi connectivity index (χ1) is 6.13. The molecule has 1 N–H and O–H groups in total. The van der Waals surface area contributed by atoms with Crippen molar-refractivity contribution in [3.63, 3.8) is 0 Å². The number of imidazole rings is 1. The van der Waals surface area contributed by atoms with Crippen molar-refractivity contribution < 1.29 is 2.85 Å². The van der Waals surface area contributed by atoms with Crippen molar-refractivity contribution >= 4 is 34.2 Å². The monoisotopic (exact) mass is 206 g/mol. The van der Waals surface area contributed by atoms with Crippen LogP contribution in [0.2, 0.25) is 0 Å². The number of fused-ring (bicyclic) bond motifs is 1. The Morgan fingerprint density at radius 1 is 1.36 bits per heavy atom. The second kappa shape index (κ2) is 3.58. The van der Waals surface area contributed by atoms with Gasteiger partial charge >= 0.3 is 28.7 Å². The zero-order valence-corrected chi connectivity index (χ0v) is 9.36. The molecule has 0 fully saturated rings. The number of H-pyrrole nitrogens is 1. The molecular weight excluding hydrogens is 196 g/mol. The predicted octanol–water partition coefficient (Wildman–Crippen LogP) is -1.20. The van der Waals surface area contributed by atoms with E-state index in [1.807, 2.05) is 0 Å². The van der Waals surface area contributed by atoms with Gasteiger partial charge in [-0.25, -0.2) is 9.78 Å². The van der Waals surface area contributed by atoms with E-state index in [0.717, 1.165) is 4.57 Å². The Morgan fingerprint density at radius 3 is 2.64 bits per heavy atom. The average Bonchev–Trinajstić information content (AvgIpc) is 2.59. The molecule has 6 nitrogen and oxygen atoms in total. The standard InChI is InChI=1S/C7H8N4O2.Mg.2H/c1-10-5-4(8-3-9-5)6(12)11(2)7(10)13;;;/h3H,1-2H3,(H,8,9);;;/q;+2;2*-1. The van der Waals surface area contributed by atoms with Gasteiger partial charge in [0, 0.05) is 14.1 Å². The van der Waals surface area contributed by atoms with Crippen LogP contribution in [0.15, 0.2) is 15.9 Å². The van der Waals surface area contributed by atoms with Crippen LogP contribution in [0, 0.1) is 0 Å². The van der Waals surface area contributed by atoms with Gasteiger partial charge in [-0.2, -0.15) is 0 Å². The van der Waals surface area contributed by atoms with Gasteiger partial charge in [0.15, 0.2) is 5.65 Å². The van der Waals surface area contributed by atoms with E-state index in [1.54, 1.807) is 7.05 Å². The van der Waals surface area contributed by atoms with Gasteiger partial charge in [-0.3, -0.25) is 13.9 Å². The molecule has 0 bridgehead atoms. The van der Waals surface area contributed by atoms with E-state index in [1.165, 1.54) is 17.9 Å². The topological polar surface area (TPSA) is 72.7 Å². The summed E-state index contributed by atoms with van der Waals surface area (Å²) in [5.41, 5.74) is 0.0119. The Morgan fingerprint density at radius 2 is 2.00 bits per heavy atom. The number of hydrogen-bond donors (Lipinski definition) is 1. The minimum Gasteiger partial charge on any atom is -1.00 e. The Bertz CT molecular complexity index is 588. The van der Waals surface area contributed by atoms with Crippen molar-refractivity contribution in [1.29, 1.82) is 0 Å². The Labute approximate surface area is 97.7 Å². The first kappa shape index (κ1) is 11.0. The molecule has 14 heavy (non-hydrogen) atoms. The van der Waals surface area contributed by atoms with Crippen LogP contribution >= 0.6 is 0 Å². The van der Waals surface area contributed by atoms with Crippen molar-refractivity contribution in [3.8, 4) is 0 Å². The molecule has 2 rings (SSSR count). The van der Waals surface area contributed by atoms with E-state index in [2.05, 4.69) is 9.97 Å². The first-order valence-electron chi connectivity index (χ1n) is 3.72. The minimum atomic E-state index is -0.371. The molecule has 0 unspecified atom stereocenters. The van der Waals surface area contributed by atoms with Crippen molar-refractivity contribution in [2.75, 3.05) is 0 Å². The maximum absolute atomic E-state index is 11.4. The fourth-order valence-electron chi connectivity index (χ4n) is 1.27. The molecule has 7 heteroatoms. The third-order valence-electron chi connectivity index (χ3n) is 2.03. The van der Waals surface area contributed by atoms with Gasteiger partial charge in [-0.1, -0.05) is 0 Å². The van der Waals surface area contributed by atoms with E-state index in [4.69, 9.17) is 0 Å². The summed E-state index contributed by atoms with van der Waals surface area (Å²) < 4.78 is 2.37. The first-order valence-corrected chi connectivity index (χ1v) is 3.72. The molecule has 0 saturated carbocycles. The molecule has 0 radical (unpaired) electrons. The second-order valence-corrected chi connectivity index (χ2v) is 2.81. The largest absolute Gasteiger partial charge is 2.00 e. The molecule has 0 aromatic carbocycles. The van der Waals surface area contributed by atoms with E-state index in [9.17, 15) is 9.59 Å². The molecule has 0 aliphatic carbocycles. The summed E-state index contributed by atoms with van der Waals surface area (Å²) in [4.78, 5) is 29.4. The summed E-state index contributed by atoms with van der Waals surface area (Å²) >= 11 is 0. The fraction of sp³-hybridized carbons (Fsp3) is 0.286. The molecule has 0 aliphatic heterocycles. The minimum absolute atomic E-state index is 0. The average molecular weight is 206 g/mol. The number of aromatic nitrogens is 4. The van der Waals surface area contributed by atoms with Crippen LogP contribution in [0.3, 0.4) is 0 Å². The molecule has 0 atom stereocenters. The maximum atomic E-state index is 11.4. The molecule has 0 aliphatic rings. The van der Waals surface area contributed by atoms with E-state index in [0.29, 0.717) is 11.2 Å². The third-order valence-corrected chi connectivity index (χ3v) is 2.03. The summed E-state index contributed by atoms with van der Waals surface area (Å²) in [6.07, 6.45) is 1.39. The SMILES string of the molecule is Cn1c(=O)c2[nH]cnc2n(C)c1=O.[H-].[H-].[Mg+2]. The number of nitrogens with zero attached hydrogens (tertiary/aromatic N) is 3. The van der Waals surface area contributed by atoms with Gasteiger partial charge in [0.25, 0.3) is 5.56 Å². The summed E-state index contributed by atoms with van der Waals surface area (Å²) in [6.45, 7) is 0. The molecule has 0 saturated heterocycles. The third kappa shape index (κ3) is 1.28. The van der Waals surface area contributed by atoms with Gasteiger partial charge in [-0.15, -0.1) is 0 Å².